The standard InChI is InChI=1S/C70H121N27O20/c1-35(2)28-46(64(113)86-38(5)59(108)94-48(30-51(75)101)65(114)89-41(56(76)105)22-23-50(74)100)95-62(111)42(18-10-12-24-71)92-61(110)45(21-15-27-82-70(79)80)91-58(107)37(4)87-67(116)49(34-98)96-63(112)43(19-11-13-25-72)93-60(109)44(20-14-26-81-69(77)78)90-57(106)36(3)85-53(103)33-84-68(117)55(39(6)99)97-66(115)47(29-40-16-8-7-9-17-40)88-54(104)32-83-52(102)31-73/h7-9,16-17,35-39,41-49,55,98-99H,10-15,18-34,71-73H2,1-6H3,(H2,74,100)(H2,75,101)(H2,76,105)(H,83,102)(H,84,117)(H,85,103)(H,86,113)(H,87,116)(H,88,104)(H,89,114)(H,90,106)(H,91,107)(H,92,110)(H,93,109)(H,94,108)(H,95,111)(H,96,112)(H,97,115)(H4,77,78,81)(H4,79,80,82)/t36-,37-,38-,39+,41-,42-,43-,44-,45-,46-,47-,48-,49-,55-/m0/s1. The molecule has 37 N–H and O–H groups in total. The molecule has 18 amide bonds. The van der Waals surface area contributed by atoms with Crippen molar-refractivity contribution in [1.82, 2.24) is 79.8 Å². The zero-order valence-corrected chi connectivity index (χ0v) is 66.7. The molecule has 0 aliphatic rings. The van der Waals surface area contributed by atoms with Gasteiger partial charge in [-0.3, -0.25) is 96.3 Å². The maximum atomic E-state index is 14.4. The quantitative estimate of drug-likeness (QED) is 0.0164. The van der Waals surface area contributed by atoms with Crippen molar-refractivity contribution in [2.24, 2.45) is 73.2 Å². The summed E-state index contributed by atoms with van der Waals surface area (Å²) in [7, 11) is 0. The molecule has 117 heavy (non-hydrogen) atoms. The largest absolute Gasteiger partial charge is 0.394 e. The van der Waals surface area contributed by atoms with Gasteiger partial charge in [-0.15, -0.1) is 0 Å². The number of rotatable bonds is 58. The van der Waals surface area contributed by atoms with Gasteiger partial charge in [0.15, 0.2) is 11.9 Å². The summed E-state index contributed by atoms with van der Waals surface area (Å²) in [5.74, 6) is -18.4. The fraction of sp³-hybridized carbons (Fsp3) is 0.629. The Kier molecular flexibility index (Phi) is 48.9. The molecule has 0 aliphatic carbocycles. The zero-order chi connectivity index (χ0) is 88.6. The first kappa shape index (κ1) is 103. The highest BCUT2D eigenvalue weighted by Gasteiger charge is 2.37. The van der Waals surface area contributed by atoms with Crippen LogP contribution >= 0.6 is 0 Å². The third-order valence-electron chi connectivity index (χ3n) is 17.2. The van der Waals surface area contributed by atoms with E-state index >= 15 is 0 Å². The van der Waals surface area contributed by atoms with E-state index in [1.807, 2.05) is 0 Å². The van der Waals surface area contributed by atoms with Gasteiger partial charge >= 0.3 is 0 Å². The molecule has 1 rings (SSSR count). The van der Waals surface area contributed by atoms with Gasteiger partial charge in [-0.2, -0.15) is 0 Å². The van der Waals surface area contributed by atoms with Crippen molar-refractivity contribution in [3.63, 3.8) is 0 Å². The molecule has 1 aromatic carbocycles. The van der Waals surface area contributed by atoms with Gasteiger partial charge < -0.3 is 147 Å². The first-order valence-corrected chi connectivity index (χ1v) is 37.9. The van der Waals surface area contributed by atoms with Gasteiger partial charge in [0.1, 0.15) is 78.5 Å². The van der Waals surface area contributed by atoms with Crippen LogP contribution in [0, 0.1) is 5.92 Å². The number of benzene rings is 1. The lowest BCUT2D eigenvalue weighted by Crippen LogP contribution is -2.60. The molecule has 0 spiro atoms. The topological polar surface area (TPSA) is 813 Å². The summed E-state index contributed by atoms with van der Waals surface area (Å²) < 4.78 is 0. The molecule has 0 radical (unpaired) electrons. The zero-order valence-electron chi connectivity index (χ0n) is 66.7. The number of nitrogens with zero attached hydrogens (tertiary/aromatic N) is 2. The van der Waals surface area contributed by atoms with Gasteiger partial charge in [0.2, 0.25) is 106 Å². The third kappa shape index (κ3) is 42.8. The van der Waals surface area contributed by atoms with Crippen LogP contribution in [0.4, 0.5) is 0 Å². The number of aliphatic hydroxyl groups is 2. The molecule has 1 aromatic rings. The molecule has 656 valence electrons. The Morgan fingerprint density at radius 2 is 0.761 bits per heavy atom. The van der Waals surface area contributed by atoms with Crippen molar-refractivity contribution in [2.45, 2.75) is 223 Å². The second-order valence-corrected chi connectivity index (χ2v) is 27.8. The van der Waals surface area contributed by atoms with E-state index in [0.29, 0.717) is 18.4 Å². The third-order valence-corrected chi connectivity index (χ3v) is 17.2. The smallest absolute Gasteiger partial charge is 0.245 e. The fourth-order valence-corrected chi connectivity index (χ4v) is 10.8. The van der Waals surface area contributed by atoms with E-state index in [-0.39, 0.29) is 121 Å². The monoisotopic (exact) mass is 1660 g/mol. The Hall–Kier alpha value is -12.0. The molecule has 0 bridgehead atoms. The van der Waals surface area contributed by atoms with Crippen molar-refractivity contribution < 1.29 is 96.5 Å². The van der Waals surface area contributed by atoms with E-state index in [4.69, 9.17) is 57.3 Å². The minimum atomic E-state index is -1.83. The van der Waals surface area contributed by atoms with Gasteiger partial charge in [-0.25, -0.2) is 0 Å². The van der Waals surface area contributed by atoms with Crippen LogP contribution in [0.3, 0.4) is 0 Å². The number of aliphatic imine (C=N–C) groups is 2. The van der Waals surface area contributed by atoms with Crippen LogP contribution in [-0.2, 0) is 92.7 Å². The molecule has 47 heteroatoms. The first-order valence-electron chi connectivity index (χ1n) is 37.9. The maximum Gasteiger partial charge on any atom is 0.245 e. The van der Waals surface area contributed by atoms with Crippen molar-refractivity contribution in [3.8, 4) is 0 Å². The SMILES string of the molecule is CC(C)C[C@H](NC(=O)[C@H](CCCCN)NC(=O)[C@H](CCCN=C(N)N)NC(=O)[C@H](C)NC(=O)[C@H](CO)NC(=O)[C@H](CCCCN)NC(=O)[C@H](CCCN=C(N)N)NC(=O)[C@H](C)NC(=O)CNC(=O)[C@@H](NC(=O)[C@H](Cc1ccccc1)NC(=O)CNC(=O)CN)[C@@H](C)O)C(=O)N[C@@H](C)C(=O)N[C@@H](CC(N)=O)C(=O)N[C@@H](CCC(N)=O)C(N)=O. The molecule has 0 unspecified atom stereocenters. The summed E-state index contributed by atoms with van der Waals surface area (Å²) in [6.07, 6.45) is -2.68. The van der Waals surface area contributed by atoms with Gasteiger partial charge in [-0.05, 0) is 129 Å². The van der Waals surface area contributed by atoms with Crippen molar-refractivity contribution in [1.29, 1.82) is 0 Å². The van der Waals surface area contributed by atoms with Crippen molar-refractivity contribution >= 4 is 118 Å². The number of unbranched alkanes of at least 4 members (excludes halogenated alkanes) is 2. The average molecular weight is 1660 g/mol. The summed E-state index contributed by atoms with van der Waals surface area (Å²) in [5, 5.41) is 57.2. The van der Waals surface area contributed by atoms with Gasteiger partial charge in [0, 0.05) is 25.9 Å². The number of hydrogen-bond donors (Lipinski definition) is 27. The summed E-state index contributed by atoms with van der Waals surface area (Å²) in [5.41, 5.74) is 55.3. The highest BCUT2D eigenvalue weighted by Crippen LogP contribution is 2.13. The molecule has 0 fully saturated rings. The van der Waals surface area contributed by atoms with E-state index < -0.39 is 224 Å². The number of carbonyl (C=O) groups is 18. The predicted octanol–water partition coefficient (Wildman–Crippen LogP) is -12.8. The van der Waals surface area contributed by atoms with Crippen molar-refractivity contribution in [2.75, 3.05) is 52.4 Å². The van der Waals surface area contributed by atoms with Crippen molar-refractivity contribution in [3.05, 3.63) is 35.9 Å². The maximum absolute atomic E-state index is 14.4. The van der Waals surface area contributed by atoms with E-state index in [1.54, 1.807) is 44.2 Å². The second kappa shape index (κ2) is 55.5. The molecular weight excluding hydrogens is 1540 g/mol. The number of primary amides is 3. The number of carbonyl (C=O) groups excluding carboxylic acids is 18. The number of nitrogens with two attached hydrogens (primary N) is 10. The van der Waals surface area contributed by atoms with E-state index in [1.165, 1.54) is 27.7 Å². The Balaban J connectivity index is 3.44. The Morgan fingerprint density at radius 1 is 0.376 bits per heavy atom. The minimum absolute atomic E-state index is 0.0289. The molecule has 0 aromatic heterocycles. The summed E-state index contributed by atoms with van der Waals surface area (Å²) >= 11 is 0. The second-order valence-electron chi connectivity index (χ2n) is 27.8. The number of hydrogen-bond acceptors (Lipinski definition) is 25. The fourth-order valence-electron chi connectivity index (χ4n) is 10.8. The van der Waals surface area contributed by atoms with Crippen LogP contribution in [0.15, 0.2) is 40.3 Å². The Morgan fingerprint density at radius 3 is 1.18 bits per heavy atom. The molecule has 47 nitrogen and oxygen atoms in total. The Bertz CT molecular complexity index is 3570. The number of aliphatic hydroxyl groups excluding tert-OH is 2. The normalized spacial score (nSPS) is 14.5. The van der Waals surface area contributed by atoms with Crippen LogP contribution in [-0.4, -0.2) is 266 Å². The Labute approximate surface area is 676 Å². The molecular formula is C70H121N27O20. The molecule has 0 saturated carbocycles. The summed E-state index contributed by atoms with van der Waals surface area (Å²) in [6.45, 7) is 5.48. The molecule has 0 saturated heterocycles. The van der Waals surface area contributed by atoms with Gasteiger partial charge in [0.25, 0.3) is 0 Å². The van der Waals surface area contributed by atoms with Crippen LogP contribution in [0.1, 0.15) is 137 Å². The lowest BCUT2D eigenvalue weighted by Gasteiger charge is -2.28. The number of nitrogens with one attached hydrogen (secondary N) is 15. The summed E-state index contributed by atoms with van der Waals surface area (Å²) in [4.78, 5) is 248. The highest BCUT2D eigenvalue weighted by molar-refractivity contribution is 6.01. The van der Waals surface area contributed by atoms with E-state index in [0.717, 1.165) is 0 Å². The lowest BCUT2D eigenvalue weighted by molar-refractivity contribution is -0.136. The van der Waals surface area contributed by atoms with Crippen LogP contribution in [0.2, 0.25) is 0 Å². The van der Waals surface area contributed by atoms with Gasteiger partial charge in [0.05, 0.1) is 38.8 Å². The van der Waals surface area contributed by atoms with Crippen LogP contribution < -0.4 is 137 Å². The van der Waals surface area contributed by atoms with Crippen LogP contribution in [0.25, 0.3) is 0 Å². The van der Waals surface area contributed by atoms with E-state index in [9.17, 15) is 96.5 Å². The van der Waals surface area contributed by atoms with Crippen LogP contribution in [0.5, 0.6) is 0 Å². The minimum Gasteiger partial charge on any atom is -0.394 e. The highest BCUT2D eigenvalue weighted by atomic mass is 16.3. The molecule has 14 atom stereocenters. The average Bonchev–Trinajstić information content (AvgIpc) is 0.866. The molecule has 0 heterocycles. The van der Waals surface area contributed by atoms with Gasteiger partial charge in [-0.1, -0.05) is 44.2 Å². The molecule has 0 aliphatic heterocycles. The van der Waals surface area contributed by atoms with E-state index in [2.05, 4.69) is 89.7 Å². The summed E-state index contributed by atoms with van der Waals surface area (Å²) in [6, 6.07) is -11.5. The lowest BCUT2D eigenvalue weighted by atomic mass is 10.0. The number of guanidine groups is 2. The predicted molar refractivity (Wildman–Crippen MR) is 423 cm³/mol. The number of amides is 18. The first-order chi connectivity index (χ1) is 55.1.